The summed E-state index contributed by atoms with van der Waals surface area (Å²) in [5, 5.41) is 9.12. The van der Waals surface area contributed by atoms with E-state index >= 15 is 0 Å². The molecular formula is C11H19N3. The van der Waals surface area contributed by atoms with Crippen LogP contribution in [0.15, 0.2) is 0 Å². The minimum Gasteiger partial charge on any atom is -0.312 e. The summed E-state index contributed by atoms with van der Waals surface area (Å²) in [6.07, 6.45) is 6.18. The van der Waals surface area contributed by atoms with Gasteiger partial charge >= 0.3 is 0 Å². The fourth-order valence-corrected chi connectivity index (χ4v) is 2.22. The largest absolute Gasteiger partial charge is 0.312 e. The normalized spacial score (nSPS) is 26.7. The first-order valence-corrected chi connectivity index (χ1v) is 5.56. The topological polar surface area (TPSA) is 53.0 Å². The van der Waals surface area contributed by atoms with Gasteiger partial charge in [0.2, 0.25) is 0 Å². The van der Waals surface area contributed by atoms with E-state index < -0.39 is 5.54 Å². The Bertz CT molecular complexity index is 250. The smallest absolute Gasteiger partial charge is 0.119 e. The molecule has 78 valence electrons. The van der Waals surface area contributed by atoms with Crippen LogP contribution in [0.3, 0.4) is 0 Å². The van der Waals surface area contributed by atoms with Gasteiger partial charge in [-0.1, -0.05) is 6.42 Å². The number of hydrogen-bond donors (Lipinski definition) is 1. The van der Waals surface area contributed by atoms with Gasteiger partial charge in [0.1, 0.15) is 5.54 Å². The molecule has 1 unspecified atom stereocenters. The van der Waals surface area contributed by atoms with E-state index in [1.807, 2.05) is 0 Å². The van der Waals surface area contributed by atoms with E-state index in [2.05, 4.69) is 18.0 Å². The molecule has 0 heterocycles. The highest BCUT2D eigenvalue weighted by molar-refractivity contribution is 5.15. The first-order valence-electron chi connectivity index (χ1n) is 5.56. The lowest BCUT2D eigenvalue weighted by molar-refractivity contribution is 0.134. The maximum absolute atomic E-state index is 9.12. The van der Waals surface area contributed by atoms with Crippen LogP contribution in [-0.4, -0.2) is 30.1 Å². The molecule has 0 spiro atoms. The predicted molar refractivity (Wildman–Crippen MR) is 55.5 cm³/mol. The Morgan fingerprint density at radius 1 is 1.43 bits per heavy atom. The van der Waals surface area contributed by atoms with Crippen LogP contribution in [0.1, 0.15) is 32.1 Å². The van der Waals surface area contributed by atoms with Crippen molar-refractivity contribution in [2.75, 3.05) is 13.6 Å². The molecule has 0 aromatic heterocycles. The lowest BCUT2D eigenvalue weighted by atomic mass is 9.89. The van der Waals surface area contributed by atoms with Crippen LogP contribution in [0.5, 0.6) is 0 Å². The molecule has 2 aliphatic carbocycles. The van der Waals surface area contributed by atoms with Gasteiger partial charge in [0.25, 0.3) is 0 Å². The lowest BCUT2D eigenvalue weighted by Crippen LogP contribution is -2.53. The third kappa shape index (κ3) is 1.77. The van der Waals surface area contributed by atoms with Gasteiger partial charge in [-0.2, -0.15) is 5.26 Å². The molecule has 2 rings (SSSR count). The minimum atomic E-state index is -0.579. The van der Waals surface area contributed by atoms with Gasteiger partial charge < -0.3 is 10.6 Å². The summed E-state index contributed by atoms with van der Waals surface area (Å²) in [5.74, 6) is 0.454. The number of hydrogen-bond acceptors (Lipinski definition) is 3. The molecule has 2 saturated carbocycles. The lowest BCUT2D eigenvalue weighted by Gasteiger charge is -2.38. The van der Waals surface area contributed by atoms with Crippen LogP contribution in [0.2, 0.25) is 0 Å². The van der Waals surface area contributed by atoms with E-state index in [-0.39, 0.29) is 0 Å². The van der Waals surface area contributed by atoms with Crippen molar-refractivity contribution in [2.24, 2.45) is 11.7 Å². The fourth-order valence-electron chi connectivity index (χ4n) is 2.22. The summed E-state index contributed by atoms with van der Waals surface area (Å²) >= 11 is 0. The summed E-state index contributed by atoms with van der Waals surface area (Å²) < 4.78 is 0. The molecular weight excluding hydrogens is 174 g/mol. The van der Waals surface area contributed by atoms with Crippen LogP contribution >= 0.6 is 0 Å². The minimum absolute atomic E-state index is 0.454. The van der Waals surface area contributed by atoms with Gasteiger partial charge in [0.15, 0.2) is 0 Å². The molecule has 2 fully saturated rings. The van der Waals surface area contributed by atoms with Crippen molar-refractivity contribution in [3.05, 3.63) is 0 Å². The second-order valence-corrected chi connectivity index (χ2v) is 4.93. The van der Waals surface area contributed by atoms with Crippen LogP contribution in [0.25, 0.3) is 0 Å². The van der Waals surface area contributed by atoms with Crippen molar-refractivity contribution in [1.82, 2.24) is 4.90 Å². The van der Waals surface area contributed by atoms with E-state index in [1.165, 1.54) is 19.3 Å². The maximum Gasteiger partial charge on any atom is 0.119 e. The zero-order valence-corrected chi connectivity index (χ0v) is 8.87. The molecule has 2 N–H and O–H groups in total. The van der Waals surface area contributed by atoms with Crippen molar-refractivity contribution in [3.8, 4) is 6.07 Å². The molecule has 0 amide bonds. The second-order valence-electron chi connectivity index (χ2n) is 4.93. The Morgan fingerprint density at radius 2 is 2.07 bits per heavy atom. The summed E-state index contributed by atoms with van der Waals surface area (Å²) in [5.41, 5.74) is 5.54. The Kier molecular flexibility index (Phi) is 2.50. The average Bonchev–Trinajstić information content (AvgIpc) is 2.82. The van der Waals surface area contributed by atoms with Crippen LogP contribution < -0.4 is 5.73 Å². The van der Waals surface area contributed by atoms with Gasteiger partial charge in [0, 0.05) is 12.6 Å². The standard InChI is InChI=1S/C11H19N3/c1-14(10-3-2-4-10)8-11(13,7-12)9-5-6-9/h9-10H,2-6,8,13H2,1H3. The summed E-state index contributed by atoms with van der Waals surface area (Å²) in [6.45, 7) is 0.749. The quantitative estimate of drug-likeness (QED) is 0.727. The number of nitriles is 1. The van der Waals surface area contributed by atoms with E-state index in [1.54, 1.807) is 0 Å². The van der Waals surface area contributed by atoms with Crippen molar-refractivity contribution >= 4 is 0 Å². The molecule has 0 aliphatic heterocycles. The Hall–Kier alpha value is -0.590. The summed E-state index contributed by atoms with van der Waals surface area (Å²) in [4.78, 5) is 2.28. The molecule has 2 aliphatic rings. The Balaban J connectivity index is 1.90. The molecule has 0 aromatic carbocycles. The van der Waals surface area contributed by atoms with Gasteiger partial charge in [-0.3, -0.25) is 0 Å². The van der Waals surface area contributed by atoms with Gasteiger partial charge in [-0.15, -0.1) is 0 Å². The van der Waals surface area contributed by atoms with Crippen molar-refractivity contribution in [3.63, 3.8) is 0 Å². The van der Waals surface area contributed by atoms with E-state index in [9.17, 15) is 0 Å². The Morgan fingerprint density at radius 3 is 2.43 bits per heavy atom. The molecule has 1 atom stereocenters. The average molecular weight is 193 g/mol. The van der Waals surface area contributed by atoms with Gasteiger partial charge in [-0.25, -0.2) is 0 Å². The molecule has 14 heavy (non-hydrogen) atoms. The second kappa shape index (κ2) is 3.52. The van der Waals surface area contributed by atoms with Gasteiger partial charge in [-0.05, 0) is 38.6 Å². The molecule has 0 saturated heterocycles. The number of likely N-dealkylation sites (N-methyl/N-ethyl adjacent to an activating group) is 1. The molecule has 3 heteroatoms. The first kappa shape index (κ1) is 9.95. The van der Waals surface area contributed by atoms with Crippen LogP contribution in [0, 0.1) is 17.2 Å². The van der Waals surface area contributed by atoms with E-state index in [0.29, 0.717) is 12.0 Å². The monoisotopic (exact) mass is 193 g/mol. The third-order valence-corrected chi connectivity index (χ3v) is 3.72. The predicted octanol–water partition coefficient (Wildman–Crippen LogP) is 1.10. The molecule has 0 aromatic rings. The van der Waals surface area contributed by atoms with Crippen molar-refractivity contribution in [1.29, 1.82) is 5.26 Å². The maximum atomic E-state index is 9.12. The molecule has 3 nitrogen and oxygen atoms in total. The Labute approximate surface area is 85.9 Å². The van der Waals surface area contributed by atoms with Crippen molar-refractivity contribution in [2.45, 2.75) is 43.7 Å². The number of rotatable bonds is 4. The highest BCUT2D eigenvalue weighted by atomic mass is 15.2. The van der Waals surface area contributed by atoms with Crippen LogP contribution in [0.4, 0.5) is 0 Å². The summed E-state index contributed by atoms with van der Waals surface area (Å²) in [6, 6.07) is 3.00. The highest BCUT2D eigenvalue weighted by Gasteiger charge is 2.44. The first-order chi connectivity index (χ1) is 6.65. The van der Waals surface area contributed by atoms with E-state index in [0.717, 1.165) is 19.4 Å². The van der Waals surface area contributed by atoms with Crippen LogP contribution in [-0.2, 0) is 0 Å². The SMILES string of the molecule is CN(CC(N)(C#N)C1CC1)C1CCC1. The zero-order chi connectivity index (χ0) is 10.2. The summed E-state index contributed by atoms with van der Waals surface area (Å²) in [7, 11) is 2.10. The number of nitrogens with two attached hydrogens (primary N) is 1. The molecule has 0 radical (unpaired) electrons. The molecule has 0 bridgehead atoms. The fraction of sp³-hybridized carbons (Fsp3) is 0.909. The zero-order valence-electron chi connectivity index (χ0n) is 8.87. The van der Waals surface area contributed by atoms with Gasteiger partial charge in [0.05, 0.1) is 6.07 Å². The number of nitrogens with zero attached hydrogens (tertiary/aromatic N) is 2. The third-order valence-electron chi connectivity index (χ3n) is 3.72. The highest BCUT2D eigenvalue weighted by Crippen LogP contribution is 2.39. The van der Waals surface area contributed by atoms with E-state index in [4.69, 9.17) is 11.0 Å². The van der Waals surface area contributed by atoms with Crippen molar-refractivity contribution < 1.29 is 0 Å².